The van der Waals surface area contributed by atoms with E-state index in [1.807, 2.05) is 17.6 Å². The minimum absolute atomic E-state index is 0.385. The minimum Gasteiger partial charge on any atom is -0.493 e. The number of aryl methyl sites for hydroxylation is 1. The van der Waals surface area contributed by atoms with E-state index >= 15 is 0 Å². The summed E-state index contributed by atoms with van der Waals surface area (Å²) in [6.45, 7) is 2.26. The Kier molecular flexibility index (Phi) is 3.17. The Morgan fingerprint density at radius 3 is 2.57 bits per heavy atom. The molecule has 0 saturated heterocycles. The molecule has 7 nitrogen and oxygen atoms in total. The van der Waals surface area contributed by atoms with E-state index in [0.29, 0.717) is 29.9 Å². The van der Waals surface area contributed by atoms with Crippen molar-refractivity contribution in [1.82, 2.24) is 14.5 Å². The maximum atomic E-state index is 5.99. The van der Waals surface area contributed by atoms with Crippen LogP contribution in [0.4, 0.5) is 5.95 Å². The van der Waals surface area contributed by atoms with Crippen molar-refractivity contribution < 1.29 is 13.9 Å². The summed E-state index contributed by atoms with van der Waals surface area (Å²) in [5.74, 6) is 2.95. The molecule has 0 spiro atoms. The summed E-state index contributed by atoms with van der Waals surface area (Å²) in [5.41, 5.74) is 7.56. The molecule has 0 unspecified atom stereocenters. The Balaban J connectivity index is 2.11. The van der Waals surface area contributed by atoms with Crippen molar-refractivity contribution in [3.05, 3.63) is 30.0 Å². The topological polar surface area (TPSA) is 88.3 Å². The van der Waals surface area contributed by atoms with Gasteiger partial charge in [0.15, 0.2) is 11.5 Å². The molecule has 0 aliphatic heterocycles. The number of fused-ring (bicyclic) bond motifs is 1. The van der Waals surface area contributed by atoms with Crippen LogP contribution >= 0.6 is 0 Å². The van der Waals surface area contributed by atoms with E-state index in [-0.39, 0.29) is 0 Å². The smallest absolute Gasteiger partial charge is 0.214 e. The summed E-state index contributed by atoms with van der Waals surface area (Å²) in [4.78, 5) is 8.52. The van der Waals surface area contributed by atoms with Crippen molar-refractivity contribution >= 4 is 17.0 Å². The van der Waals surface area contributed by atoms with Crippen molar-refractivity contribution in [2.24, 2.45) is 0 Å². The normalized spacial score (nSPS) is 11.0. The van der Waals surface area contributed by atoms with Gasteiger partial charge in [0.25, 0.3) is 0 Å². The monoisotopic (exact) mass is 288 g/mol. The Morgan fingerprint density at radius 1 is 1.24 bits per heavy atom. The number of aromatic nitrogens is 3. The molecular weight excluding hydrogens is 272 g/mol. The highest BCUT2D eigenvalue weighted by Crippen LogP contribution is 2.33. The standard InChI is InChI=1S/C14H16N4O3/c1-8-6-16-13(21-8)7-18-10-5-12(20-3)11(19-2)4-9(10)17-14(18)15/h4-6H,7H2,1-3H3,(H2,15,17). The Morgan fingerprint density at radius 2 is 1.95 bits per heavy atom. The lowest BCUT2D eigenvalue weighted by Crippen LogP contribution is -2.04. The summed E-state index contributed by atoms with van der Waals surface area (Å²) >= 11 is 0. The molecular formula is C14H16N4O3. The Bertz CT molecular complexity index is 791. The van der Waals surface area contributed by atoms with Crippen LogP contribution in [0.5, 0.6) is 11.5 Å². The summed E-state index contributed by atoms with van der Waals surface area (Å²) in [6.07, 6.45) is 1.67. The van der Waals surface area contributed by atoms with Gasteiger partial charge in [-0.1, -0.05) is 0 Å². The van der Waals surface area contributed by atoms with Gasteiger partial charge >= 0.3 is 0 Å². The molecule has 3 rings (SSSR count). The van der Waals surface area contributed by atoms with Crippen molar-refractivity contribution in [3.8, 4) is 11.5 Å². The molecule has 0 aliphatic rings. The van der Waals surface area contributed by atoms with Gasteiger partial charge in [-0.05, 0) is 6.92 Å². The first kappa shape index (κ1) is 13.3. The average Bonchev–Trinajstić information content (AvgIpc) is 3.02. The predicted octanol–water partition coefficient (Wildman–Crippen LogP) is 1.98. The van der Waals surface area contributed by atoms with E-state index < -0.39 is 0 Å². The highest BCUT2D eigenvalue weighted by atomic mass is 16.5. The molecule has 0 fully saturated rings. The summed E-state index contributed by atoms with van der Waals surface area (Å²) in [6, 6.07) is 3.63. The number of hydrogen-bond donors (Lipinski definition) is 1. The van der Waals surface area contributed by atoms with Crippen LogP contribution in [-0.2, 0) is 6.54 Å². The number of oxazole rings is 1. The van der Waals surface area contributed by atoms with Gasteiger partial charge in [0.2, 0.25) is 11.8 Å². The van der Waals surface area contributed by atoms with E-state index in [1.54, 1.807) is 26.5 Å². The molecule has 0 amide bonds. The number of ether oxygens (including phenoxy) is 2. The number of benzene rings is 1. The van der Waals surface area contributed by atoms with Crippen LogP contribution in [0.25, 0.3) is 11.0 Å². The quantitative estimate of drug-likeness (QED) is 0.789. The molecule has 1 aromatic carbocycles. The molecule has 0 saturated carbocycles. The van der Waals surface area contributed by atoms with E-state index in [2.05, 4.69) is 9.97 Å². The number of methoxy groups -OCH3 is 2. The average molecular weight is 288 g/mol. The van der Waals surface area contributed by atoms with E-state index in [4.69, 9.17) is 19.6 Å². The third-order valence-corrected chi connectivity index (χ3v) is 3.25. The number of nitrogen functional groups attached to an aromatic ring is 1. The Hall–Kier alpha value is -2.70. The number of rotatable bonds is 4. The highest BCUT2D eigenvalue weighted by molar-refractivity contribution is 5.82. The maximum absolute atomic E-state index is 5.99. The van der Waals surface area contributed by atoms with Gasteiger partial charge in [0.1, 0.15) is 12.3 Å². The van der Waals surface area contributed by atoms with E-state index in [0.717, 1.165) is 16.8 Å². The van der Waals surface area contributed by atoms with Crippen LogP contribution in [0.1, 0.15) is 11.7 Å². The van der Waals surface area contributed by atoms with Crippen LogP contribution in [0, 0.1) is 6.92 Å². The summed E-state index contributed by atoms with van der Waals surface area (Å²) in [5, 5.41) is 0. The largest absolute Gasteiger partial charge is 0.493 e. The number of anilines is 1. The highest BCUT2D eigenvalue weighted by Gasteiger charge is 2.15. The number of hydrogen-bond acceptors (Lipinski definition) is 6. The van der Waals surface area contributed by atoms with Crippen molar-refractivity contribution in [1.29, 1.82) is 0 Å². The van der Waals surface area contributed by atoms with Crippen LogP contribution < -0.4 is 15.2 Å². The van der Waals surface area contributed by atoms with E-state index in [9.17, 15) is 0 Å². The predicted molar refractivity (Wildman–Crippen MR) is 77.6 cm³/mol. The zero-order valence-electron chi connectivity index (χ0n) is 12.1. The molecule has 2 aromatic heterocycles. The van der Waals surface area contributed by atoms with Crippen molar-refractivity contribution in [3.63, 3.8) is 0 Å². The second-order valence-corrected chi connectivity index (χ2v) is 4.62. The van der Waals surface area contributed by atoms with Gasteiger partial charge in [-0.15, -0.1) is 0 Å². The van der Waals surface area contributed by atoms with Crippen LogP contribution in [0.2, 0.25) is 0 Å². The lowest BCUT2D eigenvalue weighted by atomic mass is 10.2. The van der Waals surface area contributed by atoms with Crippen molar-refractivity contribution in [2.75, 3.05) is 20.0 Å². The van der Waals surface area contributed by atoms with Gasteiger partial charge in [-0.2, -0.15) is 0 Å². The lowest BCUT2D eigenvalue weighted by molar-refractivity contribution is 0.355. The fourth-order valence-corrected chi connectivity index (χ4v) is 2.25. The summed E-state index contributed by atoms with van der Waals surface area (Å²) < 4.78 is 17.9. The molecule has 0 aliphatic carbocycles. The second kappa shape index (κ2) is 5.01. The molecule has 2 heterocycles. The SMILES string of the molecule is COc1cc2nc(N)n(Cc3ncc(C)o3)c2cc1OC. The number of nitrogens with zero attached hydrogens (tertiary/aromatic N) is 3. The van der Waals surface area contributed by atoms with Gasteiger partial charge in [0.05, 0.1) is 31.4 Å². The third-order valence-electron chi connectivity index (χ3n) is 3.25. The zero-order valence-corrected chi connectivity index (χ0v) is 12.1. The number of imidazole rings is 1. The van der Waals surface area contributed by atoms with E-state index in [1.165, 1.54) is 0 Å². The maximum Gasteiger partial charge on any atom is 0.214 e. The molecule has 7 heteroatoms. The first-order valence-electron chi connectivity index (χ1n) is 6.41. The number of nitrogens with two attached hydrogens (primary N) is 1. The Labute approximate surface area is 121 Å². The van der Waals surface area contributed by atoms with Crippen LogP contribution in [0.15, 0.2) is 22.7 Å². The third kappa shape index (κ3) is 2.26. The molecule has 21 heavy (non-hydrogen) atoms. The fraction of sp³-hybridized carbons (Fsp3) is 0.286. The zero-order chi connectivity index (χ0) is 15.0. The molecule has 3 aromatic rings. The molecule has 110 valence electrons. The van der Waals surface area contributed by atoms with Crippen LogP contribution in [-0.4, -0.2) is 28.8 Å². The molecule has 0 atom stereocenters. The van der Waals surface area contributed by atoms with Gasteiger partial charge in [-0.3, -0.25) is 0 Å². The van der Waals surface area contributed by atoms with Crippen LogP contribution in [0.3, 0.4) is 0 Å². The fourth-order valence-electron chi connectivity index (χ4n) is 2.25. The summed E-state index contributed by atoms with van der Waals surface area (Å²) in [7, 11) is 3.17. The van der Waals surface area contributed by atoms with Gasteiger partial charge in [-0.25, -0.2) is 9.97 Å². The van der Waals surface area contributed by atoms with Crippen molar-refractivity contribution in [2.45, 2.75) is 13.5 Å². The molecule has 0 radical (unpaired) electrons. The van der Waals surface area contributed by atoms with Gasteiger partial charge in [0, 0.05) is 12.1 Å². The molecule has 2 N–H and O–H groups in total. The lowest BCUT2D eigenvalue weighted by Gasteiger charge is -2.08. The van der Waals surface area contributed by atoms with Gasteiger partial charge < -0.3 is 24.2 Å². The first-order valence-corrected chi connectivity index (χ1v) is 6.41. The second-order valence-electron chi connectivity index (χ2n) is 4.62. The minimum atomic E-state index is 0.385. The molecule has 0 bridgehead atoms. The first-order chi connectivity index (χ1) is 10.1.